The Labute approximate surface area is 91.0 Å². The molecule has 2 heterocycles. The van der Waals surface area contributed by atoms with Gasteiger partial charge in [-0.15, -0.1) is 23.7 Å². The van der Waals surface area contributed by atoms with Gasteiger partial charge in [0.1, 0.15) is 0 Å². The van der Waals surface area contributed by atoms with Gasteiger partial charge in [-0.3, -0.25) is 4.98 Å². The second-order valence-corrected chi connectivity index (χ2v) is 3.38. The van der Waals surface area contributed by atoms with Crippen LogP contribution in [0.25, 0.3) is 0 Å². The van der Waals surface area contributed by atoms with E-state index in [1.807, 2.05) is 0 Å². The number of halogens is 1. The zero-order valence-corrected chi connectivity index (χ0v) is 9.06. The monoisotopic (exact) mass is 232 g/mol. The van der Waals surface area contributed by atoms with Crippen LogP contribution >= 0.6 is 23.7 Å². The molecule has 0 aromatic carbocycles. The Morgan fingerprint density at radius 2 is 2.43 bits per heavy atom. The van der Waals surface area contributed by atoms with Gasteiger partial charge in [-0.05, 0) is 0 Å². The zero-order chi connectivity index (χ0) is 9.10. The minimum Gasteiger partial charge on any atom is -0.341 e. The summed E-state index contributed by atoms with van der Waals surface area (Å²) in [7, 11) is 1.74. The molecule has 2 aromatic rings. The SMILES string of the molecule is CNc1nc(Cc2cncs2)no1.Cl. The molecule has 0 radical (unpaired) electrons. The van der Waals surface area contributed by atoms with Crippen LogP contribution in [0, 0.1) is 0 Å². The lowest BCUT2D eigenvalue weighted by Gasteiger charge is -1.86. The number of aromatic nitrogens is 3. The molecule has 1 N–H and O–H groups in total. The summed E-state index contributed by atoms with van der Waals surface area (Å²) in [5, 5.41) is 6.57. The first-order valence-corrected chi connectivity index (χ1v) is 4.64. The third kappa shape index (κ3) is 2.43. The quantitative estimate of drug-likeness (QED) is 0.871. The highest BCUT2D eigenvalue weighted by Gasteiger charge is 2.05. The molecule has 2 rings (SSSR count). The minimum atomic E-state index is 0. The summed E-state index contributed by atoms with van der Waals surface area (Å²) in [6.45, 7) is 0. The predicted octanol–water partition coefficient (Wildman–Crippen LogP) is 1.58. The van der Waals surface area contributed by atoms with Gasteiger partial charge in [0.2, 0.25) is 0 Å². The van der Waals surface area contributed by atoms with E-state index in [0.717, 1.165) is 4.88 Å². The van der Waals surface area contributed by atoms with Gasteiger partial charge >= 0.3 is 6.01 Å². The molecule has 0 saturated carbocycles. The number of hydrogen-bond acceptors (Lipinski definition) is 6. The van der Waals surface area contributed by atoms with E-state index in [9.17, 15) is 0 Å². The van der Waals surface area contributed by atoms with Crippen molar-refractivity contribution in [1.29, 1.82) is 0 Å². The Bertz CT molecular complexity index is 375. The van der Waals surface area contributed by atoms with Gasteiger partial charge in [-0.2, -0.15) is 4.98 Å². The van der Waals surface area contributed by atoms with E-state index in [2.05, 4.69) is 20.4 Å². The number of nitrogens with one attached hydrogen (secondary N) is 1. The van der Waals surface area contributed by atoms with Crippen molar-refractivity contribution in [3.63, 3.8) is 0 Å². The normalized spacial score (nSPS) is 9.50. The van der Waals surface area contributed by atoms with E-state index in [4.69, 9.17) is 4.52 Å². The molecule has 0 bridgehead atoms. The maximum Gasteiger partial charge on any atom is 0.321 e. The van der Waals surface area contributed by atoms with Crippen LogP contribution in [0.1, 0.15) is 10.7 Å². The van der Waals surface area contributed by atoms with Crippen molar-refractivity contribution in [2.45, 2.75) is 6.42 Å². The van der Waals surface area contributed by atoms with E-state index >= 15 is 0 Å². The van der Waals surface area contributed by atoms with E-state index in [-0.39, 0.29) is 12.4 Å². The second kappa shape index (κ2) is 4.92. The molecule has 0 saturated heterocycles. The van der Waals surface area contributed by atoms with Gasteiger partial charge < -0.3 is 9.84 Å². The topological polar surface area (TPSA) is 63.8 Å². The summed E-state index contributed by atoms with van der Waals surface area (Å²) >= 11 is 1.58. The fourth-order valence-corrected chi connectivity index (χ4v) is 1.50. The maximum atomic E-state index is 4.87. The molecule has 14 heavy (non-hydrogen) atoms. The van der Waals surface area contributed by atoms with Crippen LogP contribution in [0.15, 0.2) is 16.2 Å². The van der Waals surface area contributed by atoms with Crippen LogP contribution in [0.3, 0.4) is 0 Å². The van der Waals surface area contributed by atoms with Crippen molar-refractivity contribution in [3.05, 3.63) is 22.4 Å². The number of anilines is 1. The largest absolute Gasteiger partial charge is 0.341 e. The summed E-state index contributed by atoms with van der Waals surface area (Å²) in [6, 6.07) is 0.444. The fourth-order valence-electron chi connectivity index (χ4n) is 0.913. The molecule has 0 atom stereocenters. The Balaban J connectivity index is 0.000000980. The maximum absolute atomic E-state index is 4.87. The molecule has 76 valence electrons. The van der Waals surface area contributed by atoms with Crippen molar-refractivity contribution < 1.29 is 4.52 Å². The first-order chi connectivity index (χ1) is 6.38. The lowest BCUT2D eigenvalue weighted by atomic mass is 10.4. The highest BCUT2D eigenvalue weighted by atomic mass is 35.5. The lowest BCUT2D eigenvalue weighted by molar-refractivity contribution is 0.426. The molecular weight excluding hydrogens is 224 g/mol. The third-order valence-corrected chi connectivity index (χ3v) is 2.28. The van der Waals surface area contributed by atoms with E-state index < -0.39 is 0 Å². The first kappa shape index (κ1) is 10.9. The number of hydrogen-bond donors (Lipinski definition) is 1. The molecule has 7 heteroatoms. The van der Waals surface area contributed by atoms with Crippen LogP contribution in [-0.4, -0.2) is 22.2 Å². The summed E-state index contributed by atoms with van der Waals surface area (Å²) < 4.78 is 4.87. The Kier molecular flexibility index (Phi) is 3.84. The van der Waals surface area contributed by atoms with E-state index in [1.165, 1.54) is 0 Å². The molecule has 5 nitrogen and oxygen atoms in total. The molecular formula is C7H9ClN4OS. The molecule has 0 amide bonds. The van der Waals surface area contributed by atoms with Crippen molar-refractivity contribution in [1.82, 2.24) is 15.1 Å². The molecule has 2 aromatic heterocycles. The van der Waals surface area contributed by atoms with Gasteiger partial charge in [-0.25, -0.2) is 0 Å². The molecule has 0 aliphatic heterocycles. The number of nitrogens with zero attached hydrogens (tertiary/aromatic N) is 3. The number of thiazole rings is 1. The highest BCUT2D eigenvalue weighted by Crippen LogP contribution is 2.11. The van der Waals surface area contributed by atoms with Gasteiger partial charge in [-0.1, -0.05) is 5.16 Å². The number of rotatable bonds is 3. The average Bonchev–Trinajstić information content (AvgIpc) is 2.76. The van der Waals surface area contributed by atoms with Crippen LogP contribution in [0.4, 0.5) is 6.01 Å². The fraction of sp³-hybridized carbons (Fsp3) is 0.286. The standard InChI is InChI=1S/C7H8N4OS.ClH/c1-8-7-10-6(11-12-7)2-5-3-9-4-13-5;/h3-4H,2H2,1H3,(H,8,10,11);1H. The smallest absolute Gasteiger partial charge is 0.321 e. The Morgan fingerprint density at radius 1 is 1.57 bits per heavy atom. The average molecular weight is 233 g/mol. The minimum absolute atomic E-state index is 0. The molecule has 0 aliphatic carbocycles. The highest BCUT2D eigenvalue weighted by molar-refractivity contribution is 7.09. The van der Waals surface area contributed by atoms with Gasteiger partial charge in [0.15, 0.2) is 5.82 Å². The predicted molar refractivity (Wildman–Crippen MR) is 56.0 cm³/mol. The van der Waals surface area contributed by atoms with Crippen LogP contribution in [0.5, 0.6) is 0 Å². The van der Waals surface area contributed by atoms with Crippen molar-refractivity contribution >= 4 is 29.8 Å². The van der Waals surface area contributed by atoms with Crippen LogP contribution < -0.4 is 5.32 Å². The van der Waals surface area contributed by atoms with Gasteiger partial charge in [0.05, 0.1) is 5.51 Å². The second-order valence-electron chi connectivity index (χ2n) is 2.41. The zero-order valence-electron chi connectivity index (χ0n) is 7.43. The molecule has 0 aliphatic rings. The van der Waals surface area contributed by atoms with E-state index in [0.29, 0.717) is 18.3 Å². The van der Waals surface area contributed by atoms with Crippen molar-refractivity contribution in [3.8, 4) is 0 Å². The first-order valence-electron chi connectivity index (χ1n) is 3.76. The third-order valence-electron chi connectivity index (χ3n) is 1.50. The van der Waals surface area contributed by atoms with Gasteiger partial charge in [0, 0.05) is 24.5 Å². The molecule has 0 fully saturated rings. The Hall–Kier alpha value is -1.14. The summed E-state index contributed by atoms with van der Waals surface area (Å²) in [5.74, 6) is 0.675. The van der Waals surface area contributed by atoms with Crippen molar-refractivity contribution in [2.24, 2.45) is 0 Å². The summed E-state index contributed by atoms with van der Waals surface area (Å²) in [4.78, 5) is 9.18. The molecule has 0 spiro atoms. The Morgan fingerprint density at radius 3 is 3.00 bits per heavy atom. The van der Waals surface area contributed by atoms with E-state index in [1.54, 1.807) is 30.1 Å². The molecule has 0 unspecified atom stereocenters. The van der Waals surface area contributed by atoms with Crippen molar-refractivity contribution in [2.75, 3.05) is 12.4 Å². The van der Waals surface area contributed by atoms with Crippen LogP contribution in [0.2, 0.25) is 0 Å². The summed E-state index contributed by atoms with van der Waals surface area (Å²) in [5.41, 5.74) is 1.79. The van der Waals surface area contributed by atoms with Gasteiger partial charge in [0.25, 0.3) is 0 Å². The lowest BCUT2D eigenvalue weighted by Crippen LogP contribution is -1.90. The summed E-state index contributed by atoms with van der Waals surface area (Å²) in [6.07, 6.45) is 2.48. The van der Waals surface area contributed by atoms with Crippen LogP contribution in [-0.2, 0) is 6.42 Å².